The van der Waals surface area contributed by atoms with Crippen molar-refractivity contribution in [3.63, 3.8) is 0 Å². The molecule has 0 spiro atoms. The Balaban J connectivity index is 1.52. The highest BCUT2D eigenvalue weighted by Crippen LogP contribution is 2.24. The smallest absolute Gasteiger partial charge is 0.255 e. The summed E-state index contributed by atoms with van der Waals surface area (Å²) in [6.45, 7) is -0.173. The fraction of sp³-hybridized carbons (Fsp3) is 0.100. The van der Waals surface area contributed by atoms with Gasteiger partial charge in [0.15, 0.2) is 6.61 Å². The Morgan fingerprint density at radius 2 is 1.69 bits per heavy atom. The topological polar surface area (TPSA) is 81.4 Å². The van der Waals surface area contributed by atoms with Gasteiger partial charge in [0.25, 0.3) is 5.91 Å². The molecular weight excluding hydrogens is 348 g/mol. The van der Waals surface area contributed by atoms with E-state index in [4.69, 9.17) is 10.5 Å². The summed E-state index contributed by atoms with van der Waals surface area (Å²) in [7, 11) is 0. The third-order valence-corrected chi connectivity index (χ3v) is 4.60. The van der Waals surface area contributed by atoms with Crippen LogP contribution in [0.3, 0.4) is 0 Å². The van der Waals surface area contributed by atoms with Gasteiger partial charge in [-0.2, -0.15) is 0 Å². The molecule has 0 saturated heterocycles. The normalized spacial score (nSPS) is 10.5. The summed E-state index contributed by atoms with van der Waals surface area (Å²) < 4.78 is 5.18. The van der Waals surface area contributed by atoms with Crippen LogP contribution in [0.2, 0.25) is 0 Å². The summed E-state index contributed by atoms with van der Waals surface area (Å²) in [5.41, 5.74) is 5.69. The third-order valence-electron chi connectivity index (χ3n) is 3.61. The summed E-state index contributed by atoms with van der Waals surface area (Å²) in [4.78, 5) is 23.9. The average Bonchev–Trinajstić information content (AvgIpc) is 2.65. The van der Waals surface area contributed by atoms with Crippen LogP contribution in [-0.4, -0.2) is 24.2 Å². The lowest BCUT2D eigenvalue weighted by molar-refractivity contribution is -0.120. The van der Waals surface area contributed by atoms with Crippen molar-refractivity contribution in [2.45, 2.75) is 4.90 Å². The molecule has 0 unspecified atom stereocenters. The molecule has 0 radical (unpaired) electrons. The lowest BCUT2D eigenvalue weighted by Crippen LogP contribution is -2.20. The van der Waals surface area contributed by atoms with Crippen LogP contribution in [0.15, 0.2) is 71.6 Å². The summed E-state index contributed by atoms with van der Waals surface area (Å²) in [6.07, 6.45) is 0. The quantitative estimate of drug-likeness (QED) is 0.628. The van der Waals surface area contributed by atoms with Crippen LogP contribution in [-0.2, 0) is 9.59 Å². The molecule has 0 aliphatic rings. The van der Waals surface area contributed by atoms with Crippen molar-refractivity contribution in [3.05, 3.63) is 66.7 Å². The van der Waals surface area contributed by atoms with E-state index < -0.39 is 5.91 Å². The summed E-state index contributed by atoms with van der Waals surface area (Å²) >= 11 is 1.49. The first-order valence-electron chi connectivity index (χ1n) is 8.03. The van der Waals surface area contributed by atoms with E-state index in [1.54, 1.807) is 24.3 Å². The van der Waals surface area contributed by atoms with Crippen LogP contribution in [0.1, 0.15) is 0 Å². The van der Waals surface area contributed by atoms with Crippen molar-refractivity contribution in [1.82, 2.24) is 0 Å². The highest BCUT2D eigenvalue weighted by Gasteiger charge is 2.05. The molecule has 3 aromatic rings. The molecule has 5 nitrogen and oxygen atoms in total. The van der Waals surface area contributed by atoms with Gasteiger partial charge in [0.1, 0.15) is 5.75 Å². The first-order valence-corrected chi connectivity index (χ1v) is 9.01. The molecule has 0 atom stereocenters. The van der Waals surface area contributed by atoms with Gasteiger partial charge in [-0.3, -0.25) is 9.59 Å². The fourth-order valence-corrected chi connectivity index (χ4v) is 3.14. The van der Waals surface area contributed by atoms with Crippen molar-refractivity contribution >= 4 is 40.0 Å². The molecule has 3 N–H and O–H groups in total. The number of carbonyl (C=O) groups excluding carboxylic acids is 2. The molecule has 26 heavy (non-hydrogen) atoms. The maximum absolute atomic E-state index is 12.1. The zero-order valence-corrected chi connectivity index (χ0v) is 14.8. The lowest BCUT2D eigenvalue weighted by atomic mass is 10.1. The molecule has 132 valence electrons. The van der Waals surface area contributed by atoms with Crippen molar-refractivity contribution in [1.29, 1.82) is 0 Å². The van der Waals surface area contributed by atoms with Crippen molar-refractivity contribution in [3.8, 4) is 5.75 Å². The zero-order valence-electron chi connectivity index (χ0n) is 14.0. The molecule has 6 heteroatoms. The molecule has 0 bridgehead atoms. The van der Waals surface area contributed by atoms with Gasteiger partial charge in [0, 0.05) is 10.6 Å². The Kier molecular flexibility index (Phi) is 5.76. The first-order chi connectivity index (χ1) is 12.6. The second kappa shape index (κ2) is 8.40. The number of amides is 2. The number of benzene rings is 3. The van der Waals surface area contributed by atoms with E-state index in [9.17, 15) is 9.59 Å². The number of hydrogen-bond donors (Lipinski definition) is 2. The predicted molar refractivity (Wildman–Crippen MR) is 104 cm³/mol. The van der Waals surface area contributed by atoms with Crippen molar-refractivity contribution in [2.75, 3.05) is 17.7 Å². The Morgan fingerprint density at radius 3 is 2.42 bits per heavy atom. The SMILES string of the molecule is NC(=O)COc1ccc(NC(=O)CSc2ccc3ccccc3c2)cc1. The molecule has 2 amide bonds. The van der Waals surface area contributed by atoms with E-state index in [1.807, 2.05) is 18.2 Å². The number of hydrogen-bond acceptors (Lipinski definition) is 4. The molecule has 3 aromatic carbocycles. The number of ether oxygens (including phenoxy) is 1. The Bertz CT molecular complexity index is 926. The van der Waals surface area contributed by atoms with Gasteiger partial charge in [-0.15, -0.1) is 11.8 Å². The number of nitrogens with two attached hydrogens (primary N) is 1. The maximum Gasteiger partial charge on any atom is 0.255 e. The molecule has 0 saturated carbocycles. The Morgan fingerprint density at radius 1 is 0.962 bits per heavy atom. The van der Waals surface area contributed by atoms with Gasteiger partial charge >= 0.3 is 0 Å². The summed E-state index contributed by atoms with van der Waals surface area (Å²) in [5, 5.41) is 5.17. The van der Waals surface area contributed by atoms with Crippen LogP contribution >= 0.6 is 11.8 Å². The van der Waals surface area contributed by atoms with Gasteiger partial charge in [-0.25, -0.2) is 0 Å². The minimum atomic E-state index is -0.534. The summed E-state index contributed by atoms with van der Waals surface area (Å²) in [5.74, 6) is 0.215. The number of fused-ring (bicyclic) bond motifs is 1. The molecule has 3 rings (SSSR count). The number of carbonyl (C=O) groups is 2. The standard InChI is InChI=1S/C20H18N2O3S/c21-19(23)12-25-17-8-6-16(7-9-17)22-20(24)13-26-18-10-5-14-3-1-2-4-15(14)11-18/h1-11H,12-13H2,(H2,21,23)(H,22,24). The van der Waals surface area contributed by atoms with Gasteiger partial charge in [0.2, 0.25) is 5.91 Å². The molecule has 0 fully saturated rings. The molecule has 0 aliphatic carbocycles. The molecule has 0 heterocycles. The lowest BCUT2D eigenvalue weighted by Gasteiger charge is -2.08. The van der Waals surface area contributed by atoms with E-state index in [1.165, 1.54) is 17.1 Å². The van der Waals surface area contributed by atoms with Crippen LogP contribution in [0.4, 0.5) is 5.69 Å². The Labute approximate surface area is 155 Å². The van der Waals surface area contributed by atoms with Gasteiger partial charge in [0.05, 0.1) is 5.75 Å². The van der Waals surface area contributed by atoms with Crippen molar-refractivity contribution in [2.24, 2.45) is 5.73 Å². The highest BCUT2D eigenvalue weighted by molar-refractivity contribution is 8.00. The Hall–Kier alpha value is -2.99. The van der Waals surface area contributed by atoms with E-state index >= 15 is 0 Å². The number of primary amides is 1. The molecule has 0 aliphatic heterocycles. The second-order valence-electron chi connectivity index (χ2n) is 5.63. The van der Waals surface area contributed by atoms with Gasteiger partial charge in [-0.1, -0.05) is 30.3 Å². The van der Waals surface area contributed by atoms with Crippen LogP contribution < -0.4 is 15.8 Å². The summed E-state index contributed by atoms with van der Waals surface area (Å²) in [6, 6.07) is 21.1. The minimum absolute atomic E-state index is 0.0889. The first kappa shape index (κ1) is 17.8. The van der Waals surface area contributed by atoms with Gasteiger partial charge in [-0.05, 0) is 47.2 Å². The number of rotatable bonds is 7. The van der Waals surface area contributed by atoms with Crippen LogP contribution in [0, 0.1) is 0 Å². The number of nitrogens with one attached hydrogen (secondary N) is 1. The van der Waals surface area contributed by atoms with E-state index in [0.29, 0.717) is 17.2 Å². The number of anilines is 1. The van der Waals surface area contributed by atoms with Crippen LogP contribution in [0.25, 0.3) is 10.8 Å². The fourth-order valence-electron chi connectivity index (χ4n) is 2.39. The molecule has 0 aromatic heterocycles. The highest BCUT2D eigenvalue weighted by atomic mass is 32.2. The average molecular weight is 366 g/mol. The zero-order chi connectivity index (χ0) is 18.4. The minimum Gasteiger partial charge on any atom is -0.484 e. The predicted octanol–water partition coefficient (Wildman–Crippen LogP) is 3.43. The largest absolute Gasteiger partial charge is 0.484 e. The monoisotopic (exact) mass is 366 g/mol. The maximum atomic E-state index is 12.1. The second-order valence-corrected chi connectivity index (χ2v) is 6.67. The van der Waals surface area contributed by atoms with E-state index in [2.05, 4.69) is 29.6 Å². The third kappa shape index (κ3) is 5.00. The van der Waals surface area contributed by atoms with E-state index in [-0.39, 0.29) is 12.5 Å². The van der Waals surface area contributed by atoms with Gasteiger partial charge < -0.3 is 15.8 Å². The van der Waals surface area contributed by atoms with Crippen LogP contribution in [0.5, 0.6) is 5.75 Å². The number of thioether (sulfide) groups is 1. The van der Waals surface area contributed by atoms with Crippen molar-refractivity contribution < 1.29 is 14.3 Å². The molecular formula is C20H18N2O3S. The van der Waals surface area contributed by atoms with E-state index in [0.717, 1.165) is 10.3 Å².